The lowest BCUT2D eigenvalue weighted by Gasteiger charge is -2.29. The first-order valence-electron chi connectivity index (χ1n) is 43.9. The molecule has 1 aliphatic heterocycles. The summed E-state index contributed by atoms with van der Waals surface area (Å²) in [5.41, 5.74) is 6.19. The number of amidine groups is 1. The lowest BCUT2D eigenvalue weighted by molar-refractivity contribution is 0.0692. The predicted octanol–water partition coefficient (Wildman–Crippen LogP) is 22.9. The summed E-state index contributed by atoms with van der Waals surface area (Å²) in [6.45, 7) is 26.2. The van der Waals surface area contributed by atoms with Crippen molar-refractivity contribution in [2.24, 2.45) is 0 Å². The van der Waals surface area contributed by atoms with Gasteiger partial charge in [0.25, 0.3) is 17.7 Å². The zero-order chi connectivity index (χ0) is 89.8. The zero-order valence-corrected chi connectivity index (χ0v) is 73.9. The van der Waals surface area contributed by atoms with Gasteiger partial charge in [0.2, 0.25) is 0 Å². The van der Waals surface area contributed by atoms with Crippen LogP contribution in [0.25, 0.3) is 43.1 Å². The van der Waals surface area contributed by atoms with Crippen molar-refractivity contribution < 1.29 is 81.4 Å². The molecule has 0 aliphatic carbocycles. The number of unbranched alkanes of at least 4 members (excludes halogenated alkanes) is 4. The van der Waals surface area contributed by atoms with Crippen LogP contribution in [0.5, 0.6) is 46.0 Å². The molecule has 0 unspecified atom stereocenters. The van der Waals surface area contributed by atoms with Crippen molar-refractivity contribution in [3.8, 4) is 46.0 Å². The average Bonchev–Trinajstić information content (AvgIpc) is 0.671. The van der Waals surface area contributed by atoms with E-state index in [0.29, 0.717) is 56.3 Å². The molecule has 0 bridgehead atoms. The third-order valence-corrected chi connectivity index (χ3v) is 22.2. The molecule has 126 heavy (non-hydrogen) atoms. The first kappa shape index (κ1) is 91.7. The number of carboxylic acids is 1. The van der Waals surface area contributed by atoms with E-state index in [1.54, 1.807) is 60.7 Å². The third-order valence-electron chi connectivity index (χ3n) is 22.2. The highest BCUT2D eigenvalue weighted by atomic mass is 16.6. The van der Waals surface area contributed by atoms with E-state index in [2.05, 4.69) is 37.2 Å². The summed E-state index contributed by atoms with van der Waals surface area (Å²) in [6, 6.07) is 44.4. The Morgan fingerprint density at radius 1 is 0.373 bits per heavy atom. The summed E-state index contributed by atoms with van der Waals surface area (Å²) < 4.78 is 51.1. The number of imide groups is 1. The van der Waals surface area contributed by atoms with Gasteiger partial charge in [0.15, 0.2) is 5.75 Å². The predicted molar refractivity (Wildman–Crippen MR) is 492 cm³/mol. The molecule has 1 aliphatic rings. The molecule has 660 valence electrons. The van der Waals surface area contributed by atoms with Crippen molar-refractivity contribution in [1.82, 2.24) is 26.6 Å². The number of fused-ring (bicyclic) bond motifs is 2. The van der Waals surface area contributed by atoms with Crippen molar-refractivity contribution in [3.63, 3.8) is 0 Å². The molecule has 0 aromatic heterocycles. The monoisotopic (exact) mass is 1710 g/mol. The standard InChI is InChI=1S/C101H114N8O17/c1-13-17-51-119-98(115)103-47-43-62-27-35-66(36-28-62)123-77-55-74-80-75(96(112)109-95(74)111)56-79(125-68-39-31-64(32-40-68)45-49-105-100(117)121-53-19-15-3)84-85(80)82(77)83-78(124-67-37-29-63(30-38-67)44-48-104-99(116)120-52-18-14-2)57-76(94(110)108-91-72(60(9)10)25-22-26-73(91)61(11)12)81-86(83)87(84)92(126-69-41-33-65(34-42-69)46-50-106-101(118)122-54-20-16-4)89(97(113)114)88(81)93(102)107-90-70(58(5)6)23-21-24-71(90)59(7)8/h21-42,55-61H,13-20,43-54H2,1-12H3,(H2,102,107)(H,103,115)(H,104,116)(H,105,117)(H,106,118)(H,108,110)(H,113,114)(H,109,111,112). The minimum absolute atomic E-state index is 0.00780. The van der Waals surface area contributed by atoms with Crippen LogP contribution in [0.1, 0.15) is 250 Å². The first-order valence-corrected chi connectivity index (χ1v) is 43.9. The van der Waals surface area contributed by atoms with E-state index in [1.165, 1.54) is 18.2 Å². The molecule has 25 heteroatoms. The number of aromatic carboxylic acids is 1. The Kier molecular flexibility index (Phi) is 31.1. The lowest BCUT2D eigenvalue weighted by Crippen LogP contribution is -2.34. The van der Waals surface area contributed by atoms with Crippen molar-refractivity contribution in [3.05, 3.63) is 224 Å². The fraction of sp³-hybridized carbons (Fsp3) is 0.356. The number of hydrogen-bond donors (Lipinski definition) is 9. The molecule has 11 aromatic rings. The number of alkyl carbamates (subject to hydrolysis) is 4. The molecule has 0 saturated carbocycles. The van der Waals surface area contributed by atoms with Crippen molar-refractivity contribution in [2.75, 3.05) is 63.2 Å². The van der Waals surface area contributed by atoms with Gasteiger partial charge in [-0.3, -0.25) is 25.1 Å². The van der Waals surface area contributed by atoms with Crippen LogP contribution in [0.15, 0.2) is 152 Å². The molecule has 0 atom stereocenters. The second-order valence-electron chi connectivity index (χ2n) is 32.8. The Morgan fingerprint density at radius 2 is 0.683 bits per heavy atom. The highest BCUT2D eigenvalue weighted by molar-refractivity contribution is 6.45. The van der Waals surface area contributed by atoms with Gasteiger partial charge in [-0.15, -0.1) is 0 Å². The number of carbonyl (C=O) groups is 8. The summed E-state index contributed by atoms with van der Waals surface area (Å²) in [6.07, 6.45) is 5.53. The molecule has 0 saturated heterocycles. The Hall–Kier alpha value is -13.5. The normalized spacial score (nSPS) is 11.8. The zero-order valence-electron chi connectivity index (χ0n) is 73.9. The molecule has 25 nitrogen and oxygen atoms in total. The fourth-order valence-corrected chi connectivity index (χ4v) is 15.6. The second kappa shape index (κ2) is 42.8. The fourth-order valence-electron chi connectivity index (χ4n) is 15.6. The summed E-state index contributed by atoms with van der Waals surface area (Å²) >= 11 is 0. The second-order valence-corrected chi connectivity index (χ2v) is 32.8. The Labute approximate surface area is 734 Å². The first-order chi connectivity index (χ1) is 60.8. The molecule has 9 N–H and O–H groups in total. The minimum atomic E-state index is -1.61. The van der Waals surface area contributed by atoms with Crippen LogP contribution in [0.3, 0.4) is 0 Å². The van der Waals surface area contributed by atoms with Gasteiger partial charge in [-0.05, 0) is 186 Å². The molecule has 7 amide bonds. The van der Waals surface area contributed by atoms with E-state index in [-0.39, 0.29) is 188 Å². The van der Waals surface area contributed by atoms with Crippen LogP contribution >= 0.6 is 0 Å². The highest BCUT2D eigenvalue weighted by Gasteiger charge is 2.40. The Bertz CT molecular complexity index is 5730. The number of benzene rings is 11. The van der Waals surface area contributed by atoms with Gasteiger partial charge in [0.1, 0.15) is 51.6 Å². The third kappa shape index (κ3) is 21.8. The molecular formula is C101H114N8O17. The number of anilines is 2. The summed E-state index contributed by atoms with van der Waals surface area (Å²) in [5.74, 6) is -4.80. The molecule has 0 spiro atoms. The smallest absolute Gasteiger partial charge is 0.407 e. The Morgan fingerprint density at radius 3 is 1.01 bits per heavy atom. The van der Waals surface area contributed by atoms with E-state index in [1.807, 2.05) is 156 Å². The average molecular weight is 1710 g/mol. The quantitative estimate of drug-likeness (QED) is 0.00327. The van der Waals surface area contributed by atoms with Crippen LogP contribution in [0.4, 0.5) is 30.6 Å². The number of nitrogens with one attached hydrogen (secondary N) is 8. The number of ether oxygens (including phenoxy) is 8. The molecule has 11 aromatic carbocycles. The van der Waals surface area contributed by atoms with E-state index in [4.69, 9.17) is 37.9 Å². The number of para-hydroxylation sites is 2. The van der Waals surface area contributed by atoms with Gasteiger partial charge in [0, 0.05) is 86.2 Å². The van der Waals surface area contributed by atoms with Gasteiger partial charge >= 0.3 is 30.3 Å². The number of carbonyl (C=O) groups excluding carboxylic acids is 7. The number of carboxylic acid groups (broad SMARTS) is 1. The molecule has 0 radical (unpaired) electrons. The molecule has 1 heterocycles. The maximum absolute atomic E-state index is 17.2. The SMILES string of the molecule is CCCCOC(=O)NCCc1ccc(Oc2cc3c4c(cc(Oc5ccc(CCNC(=O)OCCCC)cc5)c5c6c(Oc7ccc(CCNC(=O)OCCCC)cc7)c(C(=O)O)c(C(=N)Nc7c(C(C)C)cccc7C(C)C)c7c(C(=O)Nc8c(C(C)C)cccc8C(C)C)cc(Oc8ccc(CCNC(=O)OCCCC)cc8)c(c2c45)c76)C(=O)NC3=O)cc1. The van der Waals surface area contributed by atoms with Crippen LogP contribution in [0, 0.1) is 5.41 Å². The topological polar surface area (TPSA) is 339 Å². The van der Waals surface area contributed by atoms with Gasteiger partial charge in [0.05, 0.1) is 43.1 Å². The van der Waals surface area contributed by atoms with Crippen LogP contribution in [-0.2, 0) is 44.6 Å². The number of rotatable bonds is 41. The Balaban J connectivity index is 1.23. The maximum atomic E-state index is 17.2. The van der Waals surface area contributed by atoms with Crippen molar-refractivity contribution in [1.29, 1.82) is 5.41 Å². The van der Waals surface area contributed by atoms with Gasteiger partial charge in [-0.1, -0.05) is 194 Å². The number of amides is 7. The summed E-state index contributed by atoms with van der Waals surface area (Å²) in [4.78, 5) is 115. The van der Waals surface area contributed by atoms with Crippen molar-refractivity contribution >= 4 is 108 Å². The summed E-state index contributed by atoms with van der Waals surface area (Å²) in [5, 5.41) is 45.2. The van der Waals surface area contributed by atoms with Gasteiger partial charge < -0.3 is 74.9 Å². The maximum Gasteiger partial charge on any atom is 0.407 e. The lowest BCUT2D eigenvalue weighted by atomic mass is 9.80. The van der Waals surface area contributed by atoms with E-state index in [9.17, 15) is 29.7 Å². The van der Waals surface area contributed by atoms with E-state index in [0.717, 1.165) is 76.6 Å². The van der Waals surface area contributed by atoms with Crippen molar-refractivity contribution in [2.45, 2.75) is 184 Å². The van der Waals surface area contributed by atoms with Crippen LogP contribution in [0.2, 0.25) is 0 Å². The van der Waals surface area contributed by atoms with Crippen LogP contribution < -0.4 is 56.2 Å². The number of hydrogen-bond acceptors (Lipinski definition) is 17. The largest absolute Gasteiger partial charge is 0.478 e. The van der Waals surface area contributed by atoms with Gasteiger partial charge in [-0.25, -0.2) is 24.0 Å². The van der Waals surface area contributed by atoms with Crippen LogP contribution in [-0.4, -0.2) is 112 Å². The van der Waals surface area contributed by atoms with E-state index >= 15 is 19.2 Å². The van der Waals surface area contributed by atoms with Gasteiger partial charge in [-0.2, -0.15) is 0 Å². The molecular weight excluding hydrogens is 1600 g/mol. The minimum Gasteiger partial charge on any atom is -0.478 e. The highest BCUT2D eigenvalue weighted by Crippen LogP contribution is 2.58. The summed E-state index contributed by atoms with van der Waals surface area (Å²) in [7, 11) is 0. The molecule has 12 rings (SSSR count). The van der Waals surface area contributed by atoms with E-state index < -0.39 is 59.5 Å². The molecule has 0 fully saturated rings.